The van der Waals surface area contributed by atoms with E-state index in [0.29, 0.717) is 17.9 Å². The van der Waals surface area contributed by atoms with E-state index in [0.717, 1.165) is 19.3 Å². The number of carboxylic acid groups (broad SMARTS) is 1. The van der Waals surface area contributed by atoms with Crippen LogP contribution in [0.15, 0.2) is 30.3 Å². The second-order valence-electron chi connectivity index (χ2n) is 6.99. The van der Waals surface area contributed by atoms with Crippen molar-refractivity contribution in [2.75, 3.05) is 13.2 Å². The molecule has 3 unspecified atom stereocenters. The quantitative estimate of drug-likeness (QED) is 0.757. The highest BCUT2D eigenvalue weighted by molar-refractivity contribution is 5.84. The number of hydrogen-bond donors (Lipinski definition) is 2. The summed E-state index contributed by atoms with van der Waals surface area (Å²) in [5.41, 5.74) is -0.415. The van der Waals surface area contributed by atoms with Gasteiger partial charge in [0.05, 0.1) is 6.10 Å². The van der Waals surface area contributed by atoms with Crippen LogP contribution in [0.4, 0.5) is 0 Å². The van der Waals surface area contributed by atoms with Crippen LogP contribution in [0.25, 0.3) is 0 Å². The second kappa shape index (κ2) is 8.99. The molecule has 25 heavy (non-hydrogen) atoms. The number of ether oxygens (including phenoxy) is 1. The summed E-state index contributed by atoms with van der Waals surface area (Å²) in [4.78, 5) is 24.1. The molecule has 1 aromatic rings. The molecule has 5 nitrogen and oxygen atoms in total. The molecule has 5 heteroatoms. The molecule has 1 fully saturated rings. The zero-order valence-electron chi connectivity index (χ0n) is 15.2. The van der Waals surface area contributed by atoms with Crippen LogP contribution in [0.5, 0.6) is 0 Å². The minimum absolute atomic E-state index is 0.0107. The van der Waals surface area contributed by atoms with Crippen LogP contribution >= 0.6 is 0 Å². The Hall–Kier alpha value is -1.88. The van der Waals surface area contributed by atoms with E-state index in [9.17, 15) is 14.7 Å². The third-order valence-corrected chi connectivity index (χ3v) is 5.39. The molecular weight excluding hydrogens is 318 g/mol. The number of hydrogen-bond acceptors (Lipinski definition) is 3. The molecule has 0 saturated heterocycles. The fourth-order valence-electron chi connectivity index (χ4n) is 3.55. The maximum Gasteiger partial charge on any atom is 0.315 e. The van der Waals surface area contributed by atoms with Gasteiger partial charge in [0, 0.05) is 6.54 Å². The Kier molecular flexibility index (Phi) is 7.00. The third kappa shape index (κ3) is 4.82. The lowest BCUT2D eigenvalue weighted by Crippen LogP contribution is -2.47. The van der Waals surface area contributed by atoms with E-state index in [1.807, 2.05) is 25.1 Å². The van der Waals surface area contributed by atoms with Gasteiger partial charge in [0.2, 0.25) is 5.91 Å². The van der Waals surface area contributed by atoms with E-state index < -0.39 is 11.4 Å². The summed E-state index contributed by atoms with van der Waals surface area (Å²) in [6, 6.07) is 9.08. The van der Waals surface area contributed by atoms with Crippen molar-refractivity contribution in [1.82, 2.24) is 5.32 Å². The van der Waals surface area contributed by atoms with Gasteiger partial charge >= 0.3 is 5.97 Å². The van der Waals surface area contributed by atoms with Crippen molar-refractivity contribution in [3.63, 3.8) is 0 Å². The molecule has 3 atom stereocenters. The highest BCUT2D eigenvalue weighted by Gasteiger charge is 2.39. The molecule has 2 rings (SSSR count). The molecule has 0 radical (unpaired) electrons. The van der Waals surface area contributed by atoms with Crippen LogP contribution in [0.2, 0.25) is 0 Å². The molecule has 138 valence electrons. The second-order valence-corrected chi connectivity index (χ2v) is 6.99. The number of carboxylic acids is 1. The maximum atomic E-state index is 12.2. The van der Waals surface area contributed by atoms with Gasteiger partial charge in [0.1, 0.15) is 12.0 Å². The molecule has 0 bridgehead atoms. The van der Waals surface area contributed by atoms with Crippen molar-refractivity contribution in [3.05, 3.63) is 35.9 Å². The summed E-state index contributed by atoms with van der Waals surface area (Å²) in [6.07, 6.45) is 5.02. The summed E-state index contributed by atoms with van der Waals surface area (Å²) in [5.74, 6) is -0.712. The van der Waals surface area contributed by atoms with E-state index in [-0.39, 0.29) is 25.2 Å². The fraction of sp³-hybridized carbons (Fsp3) is 0.600. The Balaban J connectivity index is 1.94. The largest absolute Gasteiger partial charge is 0.481 e. The van der Waals surface area contributed by atoms with Gasteiger partial charge in [-0.3, -0.25) is 9.59 Å². The van der Waals surface area contributed by atoms with Crippen molar-refractivity contribution < 1.29 is 19.4 Å². The van der Waals surface area contributed by atoms with E-state index >= 15 is 0 Å². The van der Waals surface area contributed by atoms with Crippen molar-refractivity contribution in [3.8, 4) is 0 Å². The van der Waals surface area contributed by atoms with E-state index in [1.54, 1.807) is 12.1 Å². The Morgan fingerprint density at radius 2 is 1.92 bits per heavy atom. The van der Waals surface area contributed by atoms with Crippen LogP contribution in [0.1, 0.15) is 51.5 Å². The summed E-state index contributed by atoms with van der Waals surface area (Å²) in [7, 11) is 0. The van der Waals surface area contributed by atoms with Crippen molar-refractivity contribution in [1.29, 1.82) is 0 Å². The average molecular weight is 347 g/mol. The predicted octanol–water partition coefficient (Wildman–Crippen LogP) is 3.13. The average Bonchev–Trinajstić information content (AvgIpc) is 2.62. The molecule has 0 aromatic heterocycles. The lowest BCUT2D eigenvalue weighted by Gasteiger charge is -2.30. The lowest BCUT2D eigenvalue weighted by atomic mass is 9.78. The third-order valence-electron chi connectivity index (χ3n) is 5.39. The smallest absolute Gasteiger partial charge is 0.315 e. The molecule has 0 aliphatic heterocycles. The van der Waals surface area contributed by atoms with Crippen LogP contribution in [-0.2, 0) is 19.7 Å². The molecule has 1 saturated carbocycles. The first-order valence-corrected chi connectivity index (χ1v) is 9.17. The van der Waals surface area contributed by atoms with Gasteiger partial charge in [0.15, 0.2) is 0 Å². The topological polar surface area (TPSA) is 75.6 Å². The molecule has 1 aromatic carbocycles. The van der Waals surface area contributed by atoms with Crippen molar-refractivity contribution in [2.24, 2.45) is 5.92 Å². The minimum atomic E-state index is -1.12. The first-order valence-electron chi connectivity index (χ1n) is 9.17. The molecule has 0 spiro atoms. The van der Waals surface area contributed by atoms with Gasteiger partial charge < -0.3 is 15.2 Å². The first-order chi connectivity index (χ1) is 12.0. The predicted molar refractivity (Wildman–Crippen MR) is 96.4 cm³/mol. The number of carbonyl (C=O) groups excluding carboxylic acids is 1. The number of nitrogens with one attached hydrogen (secondary N) is 1. The minimum Gasteiger partial charge on any atom is -0.481 e. The molecule has 1 amide bonds. The van der Waals surface area contributed by atoms with Gasteiger partial charge in [0.25, 0.3) is 0 Å². The summed E-state index contributed by atoms with van der Waals surface area (Å²) in [5, 5.41) is 12.5. The molecular formula is C20H29NO4. The van der Waals surface area contributed by atoms with E-state index in [2.05, 4.69) is 12.2 Å². The summed E-state index contributed by atoms with van der Waals surface area (Å²) < 4.78 is 5.76. The van der Waals surface area contributed by atoms with E-state index in [1.165, 1.54) is 6.42 Å². The van der Waals surface area contributed by atoms with Crippen LogP contribution in [-0.4, -0.2) is 36.2 Å². The van der Waals surface area contributed by atoms with Gasteiger partial charge in [-0.2, -0.15) is 0 Å². The Bertz CT molecular complexity index is 574. The number of amides is 1. The molecule has 2 N–H and O–H groups in total. The van der Waals surface area contributed by atoms with Crippen molar-refractivity contribution in [2.45, 2.75) is 57.5 Å². The Labute approximate surface area is 149 Å². The zero-order valence-corrected chi connectivity index (χ0v) is 15.2. The highest BCUT2D eigenvalue weighted by Crippen LogP contribution is 2.28. The Morgan fingerprint density at radius 3 is 2.52 bits per heavy atom. The number of carbonyl (C=O) groups is 2. The van der Waals surface area contributed by atoms with E-state index in [4.69, 9.17) is 4.74 Å². The molecule has 0 heterocycles. The fourth-order valence-corrected chi connectivity index (χ4v) is 3.55. The molecule has 1 aliphatic rings. The van der Waals surface area contributed by atoms with Crippen molar-refractivity contribution >= 4 is 11.9 Å². The first kappa shape index (κ1) is 19.4. The number of benzene rings is 1. The lowest BCUT2D eigenvalue weighted by molar-refractivity contribution is -0.144. The maximum absolute atomic E-state index is 12.2. The zero-order chi connectivity index (χ0) is 18.3. The van der Waals surface area contributed by atoms with Crippen LogP contribution < -0.4 is 5.32 Å². The number of aliphatic carboxylic acids is 1. The van der Waals surface area contributed by atoms with Gasteiger partial charge in [-0.15, -0.1) is 0 Å². The summed E-state index contributed by atoms with van der Waals surface area (Å²) >= 11 is 0. The number of rotatable bonds is 8. The SMILES string of the molecule is CCC(CNC(=O)COC1CCCCC1C)(C(=O)O)c1ccccc1. The normalized spacial score (nSPS) is 22.8. The Morgan fingerprint density at radius 1 is 1.24 bits per heavy atom. The summed E-state index contributed by atoms with van der Waals surface area (Å²) in [6.45, 7) is 4.03. The van der Waals surface area contributed by atoms with Crippen LogP contribution in [0.3, 0.4) is 0 Å². The van der Waals surface area contributed by atoms with Gasteiger partial charge in [-0.25, -0.2) is 0 Å². The molecule has 1 aliphatic carbocycles. The van der Waals surface area contributed by atoms with Gasteiger partial charge in [-0.1, -0.05) is 57.0 Å². The van der Waals surface area contributed by atoms with Crippen LogP contribution in [0, 0.1) is 5.92 Å². The monoisotopic (exact) mass is 347 g/mol. The highest BCUT2D eigenvalue weighted by atomic mass is 16.5. The standard InChI is InChI=1S/C20H29NO4/c1-3-20(19(23)24,16-10-5-4-6-11-16)14-21-18(22)13-25-17-12-8-7-9-15(17)2/h4-6,10-11,15,17H,3,7-9,12-14H2,1-2H3,(H,21,22)(H,23,24). The van der Waals surface area contributed by atoms with Gasteiger partial charge in [-0.05, 0) is 30.7 Å².